The lowest BCUT2D eigenvalue weighted by molar-refractivity contribution is -0.129. The maximum absolute atomic E-state index is 12.0. The van der Waals surface area contributed by atoms with E-state index in [1.54, 1.807) is 12.1 Å². The smallest absolute Gasteiger partial charge is 0.241 e. The number of nitrogens with zero attached hydrogens (tertiary/aromatic N) is 2. The van der Waals surface area contributed by atoms with Crippen LogP contribution in [0.1, 0.15) is 24.8 Å². The summed E-state index contributed by atoms with van der Waals surface area (Å²) in [6, 6.07) is 12.8. The van der Waals surface area contributed by atoms with Crippen LogP contribution in [0.25, 0.3) is 0 Å². The van der Waals surface area contributed by atoms with Gasteiger partial charge in [-0.15, -0.1) is 5.10 Å². The molecule has 164 valence electrons. The fourth-order valence-electron chi connectivity index (χ4n) is 2.82. The second-order valence-electron chi connectivity index (χ2n) is 6.46. The summed E-state index contributed by atoms with van der Waals surface area (Å²) >= 11 is 7.70. The monoisotopic (exact) mass is 463 g/mol. The minimum atomic E-state index is -0.499. The molecule has 0 unspecified atom stereocenters. The van der Waals surface area contributed by atoms with Crippen molar-refractivity contribution in [2.24, 2.45) is 5.10 Å². The first-order valence-electron chi connectivity index (χ1n) is 9.39. The number of ether oxygens (including phenoxy) is 3. The van der Waals surface area contributed by atoms with Crippen molar-refractivity contribution in [2.45, 2.75) is 19.2 Å². The Morgan fingerprint density at radius 1 is 1.16 bits per heavy atom. The number of methoxy groups -OCH3 is 1. The lowest BCUT2D eigenvalue weighted by atomic mass is 10.2. The Bertz CT molecular complexity index is 986. The molecule has 8 nitrogen and oxygen atoms in total. The fraction of sp³-hybridized carbons (Fsp3) is 0.286. The van der Waals surface area contributed by atoms with Crippen LogP contribution in [0.3, 0.4) is 0 Å². The van der Waals surface area contributed by atoms with E-state index in [1.165, 1.54) is 37.7 Å². The Morgan fingerprint density at radius 3 is 2.52 bits per heavy atom. The summed E-state index contributed by atoms with van der Waals surface area (Å²) in [5, 5.41) is 8.24. The third kappa shape index (κ3) is 5.83. The number of benzene rings is 2. The van der Waals surface area contributed by atoms with E-state index in [0.29, 0.717) is 33.9 Å². The van der Waals surface area contributed by atoms with E-state index in [1.807, 2.05) is 30.3 Å². The maximum Gasteiger partial charge on any atom is 0.241 e. The van der Waals surface area contributed by atoms with Gasteiger partial charge in [0, 0.05) is 13.8 Å². The topological polar surface area (TPSA) is 89.5 Å². The van der Waals surface area contributed by atoms with Crippen molar-refractivity contribution in [3.8, 4) is 17.2 Å². The molecule has 10 heteroatoms. The number of hydrogen-bond donors (Lipinski definition) is 1. The van der Waals surface area contributed by atoms with Gasteiger partial charge in [0.15, 0.2) is 16.7 Å². The van der Waals surface area contributed by atoms with Gasteiger partial charge in [0.25, 0.3) is 0 Å². The number of carbonyl (C=O) groups is 2. The highest BCUT2D eigenvalue weighted by molar-refractivity contribution is 8.14. The van der Waals surface area contributed by atoms with Gasteiger partial charge in [-0.1, -0.05) is 41.6 Å². The van der Waals surface area contributed by atoms with Crippen molar-refractivity contribution in [2.75, 3.05) is 20.3 Å². The van der Waals surface area contributed by atoms with Crippen LogP contribution in [0.5, 0.6) is 17.2 Å². The molecule has 0 radical (unpaired) electrons. The van der Waals surface area contributed by atoms with Crippen molar-refractivity contribution >= 4 is 40.3 Å². The Hall–Kier alpha value is -2.91. The first-order chi connectivity index (χ1) is 14.9. The zero-order chi connectivity index (χ0) is 22.4. The highest BCUT2D eigenvalue weighted by Gasteiger charge is 2.33. The van der Waals surface area contributed by atoms with Crippen molar-refractivity contribution in [3.63, 3.8) is 0 Å². The van der Waals surface area contributed by atoms with Gasteiger partial charge >= 0.3 is 0 Å². The molecular formula is C21H22ClN3O5S. The van der Waals surface area contributed by atoms with Crippen molar-refractivity contribution in [1.29, 1.82) is 0 Å². The number of rotatable bonds is 7. The highest BCUT2D eigenvalue weighted by atomic mass is 35.5. The van der Waals surface area contributed by atoms with Crippen LogP contribution in [0.15, 0.2) is 47.6 Å². The number of hydrazone groups is 1. The number of amides is 2. The van der Waals surface area contributed by atoms with Gasteiger partial charge in [0.1, 0.15) is 24.3 Å². The van der Waals surface area contributed by atoms with Crippen LogP contribution < -0.4 is 19.5 Å². The minimum absolute atomic E-state index is 0.262. The van der Waals surface area contributed by atoms with Crippen molar-refractivity contribution in [3.05, 3.63) is 53.1 Å². The molecule has 1 atom stereocenters. The predicted molar refractivity (Wildman–Crippen MR) is 120 cm³/mol. The van der Waals surface area contributed by atoms with E-state index < -0.39 is 5.37 Å². The number of carbonyl (C=O) groups excluding carboxylic acids is 2. The second kappa shape index (κ2) is 10.4. The zero-order valence-corrected chi connectivity index (χ0v) is 18.8. The second-order valence-corrected chi connectivity index (χ2v) is 7.94. The Kier molecular flexibility index (Phi) is 7.64. The van der Waals surface area contributed by atoms with Gasteiger partial charge in [-0.25, -0.2) is 5.01 Å². The van der Waals surface area contributed by atoms with Gasteiger partial charge in [0.2, 0.25) is 11.8 Å². The molecule has 0 aliphatic carbocycles. The lowest BCUT2D eigenvalue weighted by Crippen LogP contribution is -2.25. The number of nitrogens with one attached hydrogen (secondary N) is 1. The number of halogens is 1. The summed E-state index contributed by atoms with van der Waals surface area (Å²) in [4.78, 5) is 23.4. The largest absolute Gasteiger partial charge is 0.493 e. The van der Waals surface area contributed by atoms with E-state index in [-0.39, 0.29) is 18.4 Å². The van der Waals surface area contributed by atoms with Crippen LogP contribution in [0, 0.1) is 0 Å². The van der Waals surface area contributed by atoms with Crippen LogP contribution in [-0.4, -0.2) is 42.3 Å². The predicted octanol–water partition coefficient (Wildman–Crippen LogP) is 3.81. The average Bonchev–Trinajstić information content (AvgIpc) is 3.16. The normalized spacial score (nSPS) is 15.3. The molecule has 1 heterocycles. The minimum Gasteiger partial charge on any atom is -0.493 e. The summed E-state index contributed by atoms with van der Waals surface area (Å²) in [6.07, 6.45) is 0. The number of hydrogen-bond acceptors (Lipinski definition) is 7. The van der Waals surface area contributed by atoms with Gasteiger partial charge in [-0.05, 0) is 29.8 Å². The average molecular weight is 464 g/mol. The van der Waals surface area contributed by atoms with Crippen LogP contribution in [0.2, 0.25) is 5.02 Å². The van der Waals surface area contributed by atoms with E-state index in [4.69, 9.17) is 25.8 Å². The molecule has 0 aromatic heterocycles. The maximum atomic E-state index is 12.0. The Balaban J connectivity index is 1.72. The molecule has 1 N–H and O–H groups in total. The summed E-state index contributed by atoms with van der Waals surface area (Å²) in [5.74, 6) is 1.00. The molecular weight excluding hydrogens is 442 g/mol. The van der Waals surface area contributed by atoms with Crippen LogP contribution in [-0.2, 0) is 9.59 Å². The number of thioether (sulfide) groups is 1. The lowest BCUT2D eigenvalue weighted by Gasteiger charge is -2.21. The Morgan fingerprint density at radius 2 is 1.87 bits per heavy atom. The van der Waals surface area contributed by atoms with Gasteiger partial charge in [-0.3, -0.25) is 9.59 Å². The standard InChI is InChI=1S/C21H22ClN3O5S/c1-13(26)23-21-24-25(14(2)27)20(31-21)15-11-17(22)19(18(12-15)28-3)30-10-9-29-16-7-5-4-6-8-16/h4-8,11-12,20H,9-10H2,1-3H3,(H,23,24,26)/t20-/m1/s1. The summed E-state index contributed by atoms with van der Waals surface area (Å²) in [6.45, 7) is 3.37. The van der Waals surface area contributed by atoms with E-state index in [2.05, 4.69) is 10.4 Å². The molecule has 0 saturated carbocycles. The fourth-order valence-corrected chi connectivity index (χ4v) is 4.21. The third-order valence-corrected chi connectivity index (χ3v) is 5.51. The molecule has 0 bridgehead atoms. The van der Waals surface area contributed by atoms with Crippen molar-refractivity contribution in [1.82, 2.24) is 10.3 Å². The molecule has 2 aromatic rings. The summed E-state index contributed by atoms with van der Waals surface area (Å²) in [7, 11) is 1.51. The molecule has 0 spiro atoms. The van der Waals surface area contributed by atoms with E-state index in [9.17, 15) is 9.59 Å². The first kappa shape index (κ1) is 22.8. The highest BCUT2D eigenvalue weighted by Crippen LogP contribution is 2.44. The van der Waals surface area contributed by atoms with Crippen molar-refractivity contribution < 1.29 is 23.8 Å². The molecule has 0 fully saturated rings. The quantitative estimate of drug-likeness (QED) is 0.628. The number of amidine groups is 1. The third-order valence-electron chi connectivity index (χ3n) is 4.13. The van der Waals surface area contributed by atoms with Crippen LogP contribution >= 0.6 is 23.4 Å². The van der Waals surface area contributed by atoms with Crippen LogP contribution in [0.4, 0.5) is 0 Å². The SMILES string of the molecule is COc1cc([C@H]2SC(NC(C)=O)=NN2C(C)=O)cc(Cl)c1OCCOc1ccccc1. The first-order valence-corrected chi connectivity index (χ1v) is 10.7. The van der Waals surface area contributed by atoms with Gasteiger partial charge < -0.3 is 19.5 Å². The molecule has 3 rings (SSSR count). The molecule has 2 aromatic carbocycles. The van der Waals surface area contributed by atoms with Gasteiger partial charge in [0.05, 0.1) is 12.1 Å². The van der Waals surface area contributed by atoms with E-state index >= 15 is 0 Å². The van der Waals surface area contributed by atoms with Gasteiger partial charge in [-0.2, -0.15) is 0 Å². The van der Waals surface area contributed by atoms with E-state index in [0.717, 1.165) is 5.75 Å². The Labute approximate surface area is 189 Å². The molecule has 1 aliphatic heterocycles. The number of para-hydroxylation sites is 1. The summed E-state index contributed by atoms with van der Waals surface area (Å²) in [5.41, 5.74) is 0.680. The molecule has 31 heavy (non-hydrogen) atoms. The molecule has 1 aliphatic rings. The zero-order valence-electron chi connectivity index (χ0n) is 17.3. The summed E-state index contributed by atoms with van der Waals surface area (Å²) < 4.78 is 16.9. The molecule has 0 saturated heterocycles. The molecule has 2 amide bonds.